The number of thioether (sulfide) groups is 1. The van der Waals surface area contributed by atoms with Crippen molar-refractivity contribution in [2.24, 2.45) is 0 Å². The second kappa shape index (κ2) is 8.47. The number of aryl methyl sites for hydroxylation is 3. The van der Waals surface area contributed by atoms with Gasteiger partial charge in [0.2, 0.25) is 5.91 Å². The molecule has 2 N–H and O–H groups in total. The van der Waals surface area contributed by atoms with Gasteiger partial charge in [-0.15, -0.1) is 0 Å². The number of nitrogens with one attached hydrogen (secondary N) is 2. The van der Waals surface area contributed by atoms with Crippen molar-refractivity contribution in [2.45, 2.75) is 31.2 Å². The minimum Gasteiger partial charge on any atom is -0.343 e. The van der Waals surface area contributed by atoms with Crippen molar-refractivity contribution in [3.8, 4) is 0 Å². The van der Waals surface area contributed by atoms with Gasteiger partial charge in [-0.3, -0.25) is 9.59 Å². The van der Waals surface area contributed by atoms with Gasteiger partial charge < -0.3 is 10.6 Å². The summed E-state index contributed by atoms with van der Waals surface area (Å²) in [7, 11) is 0. The monoisotopic (exact) mass is 396 g/mol. The number of halogens is 3. The van der Waals surface area contributed by atoms with Crippen molar-refractivity contribution in [1.29, 1.82) is 0 Å². The van der Waals surface area contributed by atoms with E-state index in [-0.39, 0.29) is 34.7 Å². The lowest BCUT2D eigenvalue weighted by Gasteiger charge is -2.13. The number of hydrogen-bond acceptors (Lipinski definition) is 3. The summed E-state index contributed by atoms with van der Waals surface area (Å²) in [5.41, 5.74) is -0.572. The maximum absolute atomic E-state index is 12.3. The van der Waals surface area contributed by atoms with Gasteiger partial charge in [0, 0.05) is 16.1 Å². The van der Waals surface area contributed by atoms with E-state index in [0.29, 0.717) is 5.69 Å². The molecule has 0 aromatic heterocycles. The number of alkyl halides is 3. The SMILES string of the molecule is Cc1cc(C)c(NC(=O)CNC(=O)c2ccc(SC(F)(F)F)cc2)c(C)c1. The molecule has 0 unspecified atom stereocenters. The lowest BCUT2D eigenvalue weighted by Crippen LogP contribution is -2.33. The maximum atomic E-state index is 12.3. The largest absolute Gasteiger partial charge is 0.446 e. The minimum absolute atomic E-state index is 0.0119. The van der Waals surface area contributed by atoms with Crippen LogP contribution < -0.4 is 10.6 Å². The van der Waals surface area contributed by atoms with Crippen LogP contribution in [0.5, 0.6) is 0 Å². The molecule has 0 saturated carbocycles. The standard InChI is InChI=1S/C19H19F3N2O2S/c1-11-8-12(2)17(13(3)9-11)24-16(25)10-23-18(26)14-4-6-15(7-5-14)27-19(20,21)22/h4-9H,10H2,1-3H3,(H,23,26)(H,24,25). The zero-order valence-electron chi connectivity index (χ0n) is 15.0. The van der Waals surface area contributed by atoms with Crippen LogP contribution in [0.1, 0.15) is 27.0 Å². The van der Waals surface area contributed by atoms with Crippen LogP contribution in [0.15, 0.2) is 41.3 Å². The normalized spacial score (nSPS) is 11.2. The predicted octanol–water partition coefficient (Wildman–Crippen LogP) is 4.59. The van der Waals surface area contributed by atoms with Gasteiger partial charge in [0.05, 0.1) is 6.54 Å². The second-order valence-electron chi connectivity index (χ2n) is 6.08. The number of carbonyl (C=O) groups is 2. The van der Waals surface area contributed by atoms with Gasteiger partial charge in [-0.2, -0.15) is 13.2 Å². The molecule has 144 valence electrons. The van der Waals surface area contributed by atoms with E-state index in [4.69, 9.17) is 0 Å². The molecule has 0 spiro atoms. The highest BCUT2D eigenvalue weighted by Crippen LogP contribution is 2.36. The fraction of sp³-hybridized carbons (Fsp3) is 0.263. The van der Waals surface area contributed by atoms with Gasteiger partial charge in [0.1, 0.15) is 0 Å². The van der Waals surface area contributed by atoms with E-state index in [1.165, 1.54) is 24.3 Å². The van der Waals surface area contributed by atoms with Crippen LogP contribution >= 0.6 is 11.8 Å². The third-order valence-corrected chi connectivity index (χ3v) is 4.44. The summed E-state index contributed by atoms with van der Waals surface area (Å²) in [5, 5.41) is 5.22. The first-order chi connectivity index (χ1) is 12.5. The lowest BCUT2D eigenvalue weighted by atomic mass is 10.1. The second-order valence-corrected chi connectivity index (χ2v) is 7.22. The van der Waals surface area contributed by atoms with Crippen LogP contribution in [-0.4, -0.2) is 23.9 Å². The number of hydrogen-bond donors (Lipinski definition) is 2. The van der Waals surface area contributed by atoms with Crippen molar-refractivity contribution in [1.82, 2.24) is 5.32 Å². The summed E-state index contributed by atoms with van der Waals surface area (Å²) < 4.78 is 36.9. The van der Waals surface area contributed by atoms with Gasteiger partial charge in [-0.05, 0) is 67.9 Å². The van der Waals surface area contributed by atoms with Crippen molar-refractivity contribution in [3.05, 3.63) is 58.7 Å². The molecule has 0 radical (unpaired) electrons. The zero-order chi connectivity index (χ0) is 20.2. The fourth-order valence-corrected chi connectivity index (χ4v) is 3.17. The Kier molecular flexibility index (Phi) is 6.54. The quantitative estimate of drug-likeness (QED) is 0.727. The van der Waals surface area contributed by atoms with E-state index in [1.807, 2.05) is 32.9 Å². The Bertz CT molecular complexity index is 826. The number of anilines is 1. The average molecular weight is 396 g/mol. The highest BCUT2D eigenvalue weighted by Gasteiger charge is 2.29. The Morgan fingerprint density at radius 3 is 2.07 bits per heavy atom. The smallest absolute Gasteiger partial charge is 0.343 e. The van der Waals surface area contributed by atoms with E-state index < -0.39 is 11.4 Å². The van der Waals surface area contributed by atoms with Gasteiger partial charge in [0.25, 0.3) is 5.91 Å². The molecule has 0 aliphatic heterocycles. The number of rotatable bonds is 5. The zero-order valence-corrected chi connectivity index (χ0v) is 15.8. The first-order valence-electron chi connectivity index (χ1n) is 8.07. The molecule has 2 aromatic carbocycles. The van der Waals surface area contributed by atoms with Crippen molar-refractivity contribution < 1.29 is 22.8 Å². The topological polar surface area (TPSA) is 58.2 Å². The Morgan fingerprint density at radius 2 is 1.56 bits per heavy atom. The summed E-state index contributed by atoms with van der Waals surface area (Å²) in [6, 6.07) is 8.90. The number of amides is 2. The summed E-state index contributed by atoms with van der Waals surface area (Å²) in [6.45, 7) is 5.48. The van der Waals surface area contributed by atoms with Gasteiger partial charge in [0.15, 0.2) is 0 Å². The summed E-state index contributed by atoms with van der Waals surface area (Å²) in [5.74, 6) is -0.922. The Labute approximate surface area is 159 Å². The van der Waals surface area contributed by atoms with Crippen LogP contribution in [0.2, 0.25) is 0 Å². The van der Waals surface area contributed by atoms with Crippen LogP contribution in [0, 0.1) is 20.8 Å². The van der Waals surface area contributed by atoms with Crippen LogP contribution in [0.3, 0.4) is 0 Å². The molecular weight excluding hydrogens is 377 g/mol. The Balaban J connectivity index is 1.92. The molecule has 0 heterocycles. The van der Waals surface area contributed by atoms with Gasteiger partial charge in [-0.25, -0.2) is 0 Å². The summed E-state index contributed by atoms with van der Waals surface area (Å²) in [6.07, 6.45) is 0. The highest BCUT2D eigenvalue weighted by atomic mass is 32.2. The predicted molar refractivity (Wildman–Crippen MR) is 100.0 cm³/mol. The maximum Gasteiger partial charge on any atom is 0.446 e. The average Bonchev–Trinajstić information content (AvgIpc) is 2.55. The minimum atomic E-state index is -4.38. The molecule has 2 aromatic rings. The third kappa shape index (κ3) is 6.32. The Morgan fingerprint density at radius 1 is 1.00 bits per heavy atom. The van der Waals surface area contributed by atoms with E-state index in [9.17, 15) is 22.8 Å². The highest BCUT2D eigenvalue weighted by molar-refractivity contribution is 8.00. The molecule has 0 bridgehead atoms. The molecule has 0 saturated heterocycles. The first-order valence-corrected chi connectivity index (χ1v) is 8.88. The van der Waals surface area contributed by atoms with Crippen LogP contribution in [0.25, 0.3) is 0 Å². The molecular formula is C19H19F3N2O2S. The molecule has 8 heteroatoms. The van der Waals surface area contributed by atoms with Gasteiger partial charge in [-0.1, -0.05) is 17.7 Å². The number of carbonyl (C=O) groups excluding carboxylic acids is 2. The lowest BCUT2D eigenvalue weighted by molar-refractivity contribution is -0.115. The molecule has 0 aliphatic carbocycles. The van der Waals surface area contributed by atoms with Crippen LogP contribution in [-0.2, 0) is 4.79 Å². The van der Waals surface area contributed by atoms with E-state index in [0.717, 1.165) is 16.7 Å². The van der Waals surface area contributed by atoms with Crippen molar-refractivity contribution in [3.63, 3.8) is 0 Å². The fourth-order valence-electron chi connectivity index (χ4n) is 2.63. The molecule has 0 aliphatic rings. The van der Waals surface area contributed by atoms with Crippen molar-refractivity contribution >= 4 is 29.3 Å². The van der Waals surface area contributed by atoms with E-state index in [2.05, 4.69) is 10.6 Å². The molecule has 2 amide bonds. The van der Waals surface area contributed by atoms with E-state index in [1.54, 1.807) is 0 Å². The third-order valence-electron chi connectivity index (χ3n) is 3.70. The molecule has 4 nitrogen and oxygen atoms in total. The molecule has 2 rings (SSSR count). The van der Waals surface area contributed by atoms with Crippen LogP contribution in [0.4, 0.5) is 18.9 Å². The van der Waals surface area contributed by atoms with E-state index >= 15 is 0 Å². The Hall–Kier alpha value is -2.48. The van der Waals surface area contributed by atoms with Gasteiger partial charge >= 0.3 is 5.51 Å². The summed E-state index contributed by atoms with van der Waals surface area (Å²) >= 11 is -0.252. The molecule has 27 heavy (non-hydrogen) atoms. The summed E-state index contributed by atoms with van der Waals surface area (Å²) in [4.78, 5) is 24.1. The first kappa shape index (κ1) is 20.8. The van der Waals surface area contributed by atoms with Crippen molar-refractivity contribution in [2.75, 3.05) is 11.9 Å². The molecule has 0 fully saturated rings. The molecule has 0 atom stereocenters. The number of benzene rings is 2.